The Balaban J connectivity index is 1.68. The highest BCUT2D eigenvalue weighted by Crippen LogP contribution is 2.32. The Hall–Kier alpha value is -2.43. The van der Waals surface area contributed by atoms with E-state index in [1.54, 1.807) is 0 Å². The summed E-state index contributed by atoms with van der Waals surface area (Å²) >= 11 is 0. The van der Waals surface area contributed by atoms with Gasteiger partial charge in [0.2, 0.25) is 0 Å². The molecule has 0 radical (unpaired) electrons. The number of rotatable bonds is 2. The number of hydrogen-bond acceptors (Lipinski definition) is 4. The molecular formula is C16H17N5. The van der Waals surface area contributed by atoms with Crippen molar-refractivity contribution < 1.29 is 0 Å². The van der Waals surface area contributed by atoms with Crippen LogP contribution in [0.2, 0.25) is 0 Å². The molecule has 5 nitrogen and oxygen atoms in total. The fraction of sp³-hybridized carbons (Fsp3) is 0.312. The molecule has 3 aromatic heterocycles. The minimum Gasteiger partial charge on any atom is -0.375 e. The third-order valence-corrected chi connectivity index (χ3v) is 4.16. The summed E-state index contributed by atoms with van der Waals surface area (Å²) in [6.45, 7) is 2.01. The molecule has 1 aliphatic rings. The summed E-state index contributed by atoms with van der Waals surface area (Å²) in [5.74, 6) is 0. The minimum atomic E-state index is 0.275. The average Bonchev–Trinajstić information content (AvgIpc) is 3.02. The van der Waals surface area contributed by atoms with Gasteiger partial charge in [-0.3, -0.25) is 9.67 Å². The van der Waals surface area contributed by atoms with Crippen molar-refractivity contribution in [1.29, 1.82) is 0 Å². The standard InChI is InChI=1S/C16H17N5/c1-10-13-8-12(9-18-16(13)21(2)20-10)19-14-6-5-11-4-3-7-17-15(11)14/h3-4,7-9,14,19H,5-6H2,1-2H3. The highest BCUT2D eigenvalue weighted by atomic mass is 15.3. The number of nitrogens with one attached hydrogen (secondary N) is 1. The van der Waals surface area contributed by atoms with E-state index in [0.717, 1.165) is 35.3 Å². The zero-order chi connectivity index (χ0) is 14.4. The normalized spacial score (nSPS) is 17.1. The monoisotopic (exact) mass is 279 g/mol. The van der Waals surface area contributed by atoms with E-state index in [-0.39, 0.29) is 6.04 Å². The fourth-order valence-electron chi connectivity index (χ4n) is 3.14. The largest absolute Gasteiger partial charge is 0.375 e. The van der Waals surface area contributed by atoms with Gasteiger partial charge in [-0.15, -0.1) is 0 Å². The van der Waals surface area contributed by atoms with Crippen LogP contribution in [0, 0.1) is 6.92 Å². The molecule has 1 N–H and O–H groups in total. The van der Waals surface area contributed by atoms with Gasteiger partial charge >= 0.3 is 0 Å². The minimum absolute atomic E-state index is 0.275. The summed E-state index contributed by atoms with van der Waals surface area (Å²) in [6.07, 6.45) is 5.91. The molecule has 0 aromatic carbocycles. The van der Waals surface area contributed by atoms with Crippen LogP contribution in [-0.4, -0.2) is 19.7 Å². The molecule has 0 fully saturated rings. The maximum absolute atomic E-state index is 4.52. The summed E-state index contributed by atoms with van der Waals surface area (Å²) in [4.78, 5) is 9.04. The number of hydrogen-bond donors (Lipinski definition) is 1. The van der Waals surface area contributed by atoms with Gasteiger partial charge in [-0.2, -0.15) is 5.10 Å². The van der Waals surface area contributed by atoms with Gasteiger partial charge in [-0.1, -0.05) is 6.07 Å². The molecule has 0 saturated heterocycles. The number of aromatic nitrogens is 4. The molecule has 0 spiro atoms. The Morgan fingerprint density at radius 2 is 2.24 bits per heavy atom. The van der Waals surface area contributed by atoms with Crippen LogP contribution in [-0.2, 0) is 13.5 Å². The topological polar surface area (TPSA) is 55.6 Å². The number of fused-ring (bicyclic) bond motifs is 2. The molecule has 21 heavy (non-hydrogen) atoms. The smallest absolute Gasteiger partial charge is 0.157 e. The molecule has 3 aromatic rings. The molecular weight excluding hydrogens is 262 g/mol. The first kappa shape index (κ1) is 12.3. The van der Waals surface area contributed by atoms with Crippen LogP contribution in [0.4, 0.5) is 5.69 Å². The van der Waals surface area contributed by atoms with Crippen LogP contribution in [0.5, 0.6) is 0 Å². The second kappa shape index (κ2) is 4.55. The van der Waals surface area contributed by atoms with Gasteiger partial charge in [-0.05, 0) is 37.5 Å². The zero-order valence-corrected chi connectivity index (χ0v) is 12.2. The molecule has 1 unspecified atom stereocenters. The van der Waals surface area contributed by atoms with E-state index in [1.165, 1.54) is 11.3 Å². The molecule has 1 atom stereocenters. The Kier molecular flexibility index (Phi) is 2.67. The van der Waals surface area contributed by atoms with Crippen molar-refractivity contribution in [2.45, 2.75) is 25.8 Å². The molecule has 5 heteroatoms. The van der Waals surface area contributed by atoms with E-state index < -0.39 is 0 Å². The lowest BCUT2D eigenvalue weighted by molar-refractivity contribution is 0.745. The van der Waals surface area contributed by atoms with Gasteiger partial charge in [0, 0.05) is 18.6 Å². The second-order valence-electron chi connectivity index (χ2n) is 5.59. The molecule has 3 heterocycles. The average molecular weight is 279 g/mol. The van der Waals surface area contributed by atoms with Crippen molar-refractivity contribution in [2.75, 3.05) is 5.32 Å². The summed E-state index contributed by atoms with van der Waals surface area (Å²) < 4.78 is 1.82. The lowest BCUT2D eigenvalue weighted by Crippen LogP contribution is -2.08. The third-order valence-electron chi connectivity index (χ3n) is 4.16. The first-order valence-electron chi connectivity index (χ1n) is 7.22. The SMILES string of the molecule is Cc1nn(C)c2ncc(NC3CCc4cccnc43)cc12. The highest BCUT2D eigenvalue weighted by Gasteiger charge is 2.23. The summed E-state index contributed by atoms with van der Waals surface area (Å²) in [5.41, 5.74) is 5.47. The van der Waals surface area contributed by atoms with Gasteiger partial charge in [0.15, 0.2) is 5.65 Å². The fourth-order valence-corrected chi connectivity index (χ4v) is 3.14. The van der Waals surface area contributed by atoms with Crippen molar-refractivity contribution in [3.8, 4) is 0 Å². The Bertz CT molecular complexity index is 821. The number of pyridine rings is 2. The molecule has 1 aliphatic carbocycles. The van der Waals surface area contributed by atoms with E-state index in [1.807, 2.05) is 37.1 Å². The van der Waals surface area contributed by atoms with E-state index in [2.05, 4.69) is 32.5 Å². The van der Waals surface area contributed by atoms with Crippen LogP contribution in [0.3, 0.4) is 0 Å². The number of nitrogens with zero attached hydrogens (tertiary/aromatic N) is 4. The van der Waals surface area contributed by atoms with Crippen molar-refractivity contribution in [3.63, 3.8) is 0 Å². The van der Waals surface area contributed by atoms with Crippen LogP contribution in [0.15, 0.2) is 30.6 Å². The summed E-state index contributed by atoms with van der Waals surface area (Å²) in [7, 11) is 1.92. The first-order chi connectivity index (χ1) is 10.2. The maximum Gasteiger partial charge on any atom is 0.157 e. The number of anilines is 1. The van der Waals surface area contributed by atoms with E-state index >= 15 is 0 Å². The zero-order valence-electron chi connectivity index (χ0n) is 12.2. The summed E-state index contributed by atoms with van der Waals surface area (Å²) in [5, 5.41) is 9.08. The van der Waals surface area contributed by atoms with Gasteiger partial charge in [0.1, 0.15) is 0 Å². The maximum atomic E-state index is 4.52. The molecule has 0 saturated carbocycles. The quantitative estimate of drug-likeness (QED) is 0.783. The Morgan fingerprint density at radius 1 is 1.33 bits per heavy atom. The third kappa shape index (κ3) is 1.96. The molecule has 4 rings (SSSR count). The van der Waals surface area contributed by atoms with E-state index in [4.69, 9.17) is 0 Å². The highest BCUT2D eigenvalue weighted by molar-refractivity contribution is 5.81. The van der Waals surface area contributed by atoms with Gasteiger partial charge in [-0.25, -0.2) is 4.98 Å². The van der Waals surface area contributed by atoms with Crippen molar-refractivity contribution in [2.24, 2.45) is 7.05 Å². The van der Waals surface area contributed by atoms with Crippen molar-refractivity contribution in [3.05, 3.63) is 47.5 Å². The number of aryl methyl sites for hydroxylation is 3. The van der Waals surface area contributed by atoms with Crippen molar-refractivity contribution in [1.82, 2.24) is 19.7 Å². The van der Waals surface area contributed by atoms with Gasteiger partial charge in [0.25, 0.3) is 0 Å². The van der Waals surface area contributed by atoms with E-state index in [9.17, 15) is 0 Å². The Labute approximate surface area is 123 Å². The Morgan fingerprint density at radius 3 is 3.14 bits per heavy atom. The van der Waals surface area contributed by atoms with Crippen LogP contribution in [0.1, 0.15) is 29.4 Å². The molecule has 106 valence electrons. The molecule has 0 bridgehead atoms. The first-order valence-corrected chi connectivity index (χ1v) is 7.22. The predicted molar refractivity (Wildman–Crippen MR) is 82.2 cm³/mol. The van der Waals surface area contributed by atoms with Gasteiger partial charge in [0.05, 0.1) is 29.3 Å². The molecule has 0 amide bonds. The van der Waals surface area contributed by atoms with Crippen molar-refractivity contribution >= 4 is 16.7 Å². The second-order valence-corrected chi connectivity index (χ2v) is 5.59. The van der Waals surface area contributed by atoms with Crippen LogP contribution in [0.25, 0.3) is 11.0 Å². The lowest BCUT2D eigenvalue weighted by atomic mass is 10.2. The molecule has 0 aliphatic heterocycles. The predicted octanol–water partition coefficient (Wildman–Crippen LogP) is 2.77. The van der Waals surface area contributed by atoms with Crippen LogP contribution < -0.4 is 5.32 Å². The summed E-state index contributed by atoms with van der Waals surface area (Å²) in [6, 6.07) is 6.58. The van der Waals surface area contributed by atoms with Crippen LogP contribution >= 0.6 is 0 Å². The lowest BCUT2D eigenvalue weighted by Gasteiger charge is -2.14. The van der Waals surface area contributed by atoms with E-state index in [0.29, 0.717) is 0 Å². The van der Waals surface area contributed by atoms with Gasteiger partial charge < -0.3 is 5.32 Å².